The van der Waals surface area contributed by atoms with Crippen LogP contribution in [0.3, 0.4) is 0 Å². The van der Waals surface area contributed by atoms with E-state index in [9.17, 15) is 0 Å². The predicted molar refractivity (Wildman–Crippen MR) is 45.9 cm³/mol. The van der Waals surface area contributed by atoms with E-state index >= 15 is 0 Å². The Kier molecular flexibility index (Phi) is 250. The van der Waals surface area contributed by atoms with Gasteiger partial charge in [0.1, 0.15) is 0 Å². The molecule has 0 bridgehead atoms. The van der Waals surface area contributed by atoms with E-state index in [1.54, 1.807) is 0 Å². The van der Waals surface area contributed by atoms with Crippen molar-refractivity contribution in [3.05, 3.63) is 0 Å². The second kappa shape index (κ2) is 104. The topological polar surface area (TPSA) is 417 Å². The Bertz CT molecular complexity index is 133. The third kappa shape index (κ3) is 1530. The summed E-state index contributed by atoms with van der Waals surface area (Å²) in [6, 6.07) is 0. The minimum absolute atomic E-state index is 0. The van der Waals surface area contributed by atoms with Gasteiger partial charge in [-0.3, -0.25) is 50.6 Å². The van der Waals surface area contributed by atoms with Crippen LogP contribution >= 0.6 is 0 Å². The van der Waals surface area contributed by atoms with Crippen molar-refractivity contribution in [2.24, 2.45) is 34.4 Å². The maximum Gasteiger partial charge on any atom is 5.00 e. The summed E-state index contributed by atoms with van der Waals surface area (Å²) in [5.74, 6) is -0.250. The van der Waals surface area contributed by atoms with E-state index in [-0.39, 0.29) is 40.3 Å². The van der Waals surface area contributed by atoms with Crippen LogP contribution in [0.25, 0.3) is 0 Å². The van der Waals surface area contributed by atoms with Gasteiger partial charge in [-0.1, -0.05) is 0 Å². The zero-order valence-corrected chi connectivity index (χ0v) is 13.6. The van der Waals surface area contributed by atoms with Gasteiger partial charge in [0.2, 0.25) is 0 Å². The smallest absolute Gasteiger partial charge is 1.00 e. The Labute approximate surface area is 133 Å². The summed E-state index contributed by atoms with van der Waals surface area (Å²) in [7, 11) is 0. The summed E-state index contributed by atoms with van der Waals surface area (Å²) in [6.45, 7) is 0. The molecule has 18 N–H and O–H groups in total. The van der Waals surface area contributed by atoms with Gasteiger partial charge in [0.05, 0.1) is 0 Å². The minimum Gasteiger partial charge on any atom is -1.00 e. The van der Waals surface area contributed by atoms with Crippen molar-refractivity contribution >= 4 is 17.9 Å². The molecule has 0 rings (SSSR count). The van der Waals surface area contributed by atoms with Crippen LogP contribution in [0.15, 0.2) is 0 Å². The van der Waals surface area contributed by atoms with Gasteiger partial charge in [-0.15, -0.1) is 0 Å². The molecule has 0 atom stereocenters. The molecule has 0 heterocycles. The summed E-state index contributed by atoms with van der Waals surface area (Å²) in [5.41, 5.74) is 27.5. The van der Waals surface area contributed by atoms with Crippen molar-refractivity contribution in [2.75, 3.05) is 0 Å². The molecule has 0 unspecified atom stereocenters. The first-order chi connectivity index (χ1) is 9.20. The van der Waals surface area contributed by atoms with Crippen LogP contribution in [0.1, 0.15) is 0 Å². The molecule has 21 heavy (non-hydrogen) atoms. The molecule has 17 nitrogen and oxygen atoms in total. The molecule has 0 aliphatic heterocycles. The Balaban J connectivity index is -0.0000000160. The fourth-order valence-corrected chi connectivity index (χ4v) is 0. The van der Waals surface area contributed by atoms with Crippen molar-refractivity contribution in [1.29, 1.82) is 0 Å². The van der Waals surface area contributed by atoms with Gasteiger partial charge in [-0.05, 0) is 0 Å². The number of hydrogen-bond acceptors (Lipinski definition) is 8. The Morgan fingerprint density at radius 1 is 0.429 bits per heavy atom. The molecule has 0 saturated carbocycles. The van der Waals surface area contributed by atoms with Crippen molar-refractivity contribution in [2.45, 2.75) is 0 Å². The minimum atomic E-state index is -0.0833. The van der Waals surface area contributed by atoms with E-state index in [0.29, 0.717) is 0 Å². The van der Waals surface area contributed by atoms with Crippen LogP contribution in [0.4, 0.5) is 0 Å². The molecule has 0 radical (unpaired) electrons. The van der Waals surface area contributed by atoms with Gasteiger partial charge < -0.3 is 42.1 Å². The summed E-state index contributed by atoms with van der Waals surface area (Å²) < 4.78 is 0. The first kappa shape index (κ1) is 50.7. The van der Waals surface area contributed by atoms with Crippen LogP contribution in [0.5, 0.6) is 0 Å². The average Bonchev–Trinajstić information content (AvgIpc) is 2.36. The quantitative estimate of drug-likeness (QED) is 0.0660. The Morgan fingerprint density at radius 2 is 0.429 bits per heavy atom. The molecular weight excluding hydrogens is 471 g/mol. The van der Waals surface area contributed by atoms with E-state index in [2.05, 4.69) is 50.6 Å². The Morgan fingerprint density at radius 3 is 0.429 bits per heavy atom. The molecule has 0 saturated heterocycles. The maximum absolute atomic E-state index is 7.00. The molecular formula is C3H18N9O8Ta. The fraction of sp³-hybridized carbons (Fsp3) is 0. The molecule has 0 aromatic heterocycles. The van der Waals surface area contributed by atoms with Crippen LogP contribution in [0.2, 0.25) is 0 Å². The standard InChI is InChI=1S/3CH5N3.4O2.Ta/c3*2-1(3)4;4*1-2;/h3*(H5,2,3,4);;;;;/q;;;4*-2;+5/p+3. The molecule has 0 aromatic carbocycles. The third-order valence-corrected chi connectivity index (χ3v) is 0. The van der Waals surface area contributed by atoms with E-state index in [4.69, 9.17) is 42.1 Å². The van der Waals surface area contributed by atoms with Crippen LogP contribution in [-0.4, -0.2) is 17.9 Å². The fourth-order valence-electron chi connectivity index (χ4n) is 0. The maximum atomic E-state index is 7.00. The second-order valence-corrected chi connectivity index (χ2v) is 1.50. The van der Waals surface area contributed by atoms with Crippen molar-refractivity contribution in [3.8, 4) is 0 Å². The van der Waals surface area contributed by atoms with E-state index in [1.165, 1.54) is 0 Å². The summed E-state index contributed by atoms with van der Waals surface area (Å²) >= 11 is 0. The Hall–Kier alpha value is -1.77. The van der Waals surface area contributed by atoms with Gasteiger partial charge in [-0.2, -0.15) is 0 Å². The molecule has 0 aliphatic carbocycles. The normalized spacial score (nSPS) is 4.57. The van der Waals surface area contributed by atoms with Crippen LogP contribution in [-0.2, 0) is 22.4 Å². The number of guanidine groups is 3. The zero-order chi connectivity index (χ0) is 18.7. The van der Waals surface area contributed by atoms with E-state index in [0.717, 1.165) is 0 Å². The van der Waals surface area contributed by atoms with Gasteiger partial charge >= 0.3 is 40.3 Å². The molecule has 0 spiro atoms. The summed E-state index contributed by atoms with van der Waals surface area (Å²) in [5, 5.41) is 69.8. The van der Waals surface area contributed by atoms with E-state index < -0.39 is 0 Å². The largest absolute Gasteiger partial charge is 5.00 e. The predicted octanol–water partition coefficient (Wildman–Crippen LogP) is -18.5. The van der Waals surface area contributed by atoms with Crippen molar-refractivity contribution < 1.29 is 80.7 Å². The van der Waals surface area contributed by atoms with Gasteiger partial charge in [0.25, 0.3) is 0 Å². The number of nitrogens with two attached hydrogens (primary N) is 9. The van der Waals surface area contributed by atoms with Gasteiger partial charge in [0, 0.05) is 0 Å². The van der Waals surface area contributed by atoms with Crippen molar-refractivity contribution in [1.82, 2.24) is 0 Å². The molecule has 18 heteroatoms. The SMILES string of the molecule is NC(N)=[NH2+].NC(N)=[NH2+].NC(N)=[NH2+].[O-][O-].[O-][O-].[O-][O-].[O-][O-].[Ta+5]. The molecule has 0 aromatic rings. The molecule has 0 fully saturated rings. The third-order valence-electron chi connectivity index (χ3n) is 0. The zero-order valence-electron chi connectivity index (χ0n) is 10.4. The monoisotopic (exact) mass is 489 g/mol. The van der Waals surface area contributed by atoms with Gasteiger partial charge in [0.15, 0.2) is 0 Å². The second-order valence-electron chi connectivity index (χ2n) is 1.50. The first-order valence-electron chi connectivity index (χ1n) is 3.26. The van der Waals surface area contributed by atoms with E-state index in [1.807, 2.05) is 0 Å². The van der Waals surface area contributed by atoms with Crippen LogP contribution in [0, 0.1) is 0 Å². The molecule has 0 amide bonds. The van der Waals surface area contributed by atoms with Crippen molar-refractivity contribution in [3.63, 3.8) is 0 Å². The number of hydrogen-bond donors (Lipinski definition) is 9. The first-order valence-corrected chi connectivity index (χ1v) is 3.26. The summed E-state index contributed by atoms with van der Waals surface area (Å²) in [6.07, 6.45) is 0. The van der Waals surface area contributed by atoms with Crippen LogP contribution < -0.4 is 92.7 Å². The molecule has 128 valence electrons. The number of rotatable bonds is 0. The summed E-state index contributed by atoms with van der Waals surface area (Å²) in [4.78, 5) is 0. The molecule has 0 aliphatic rings. The van der Waals surface area contributed by atoms with Gasteiger partial charge in [-0.25, -0.2) is 0 Å². The average molecular weight is 489 g/mol.